The number of anilines is 1. The van der Waals surface area contributed by atoms with Gasteiger partial charge in [-0.2, -0.15) is 0 Å². The number of carbonyl (C=O) groups excluding carboxylic acids is 1. The van der Waals surface area contributed by atoms with Crippen LogP contribution in [0.5, 0.6) is 0 Å². The lowest BCUT2D eigenvalue weighted by atomic mass is 10.1. The molecule has 14 heavy (non-hydrogen) atoms. The molecule has 1 atom stereocenters. The number of halogens is 2. The number of amides is 1. The molecule has 1 N–H and O–H groups in total. The van der Waals surface area contributed by atoms with Crippen molar-refractivity contribution in [3.05, 3.63) is 29.6 Å². The van der Waals surface area contributed by atoms with E-state index in [1.165, 1.54) is 12.1 Å². The van der Waals surface area contributed by atoms with E-state index in [1.54, 1.807) is 6.07 Å². The largest absolute Gasteiger partial charge is 0.325 e. The number of carbonyl (C=O) groups is 1. The Bertz CT molecular complexity index is 380. The normalized spacial score (nSPS) is 21.0. The third-order valence-electron chi connectivity index (χ3n) is 2.28. The summed E-state index contributed by atoms with van der Waals surface area (Å²) in [4.78, 5) is 11.4. The van der Waals surface area contributed by atoms with E-state index < -0.39 is 0 Å². The molecule has 0 saturated carbocycles. The fraction of sp³-hybridized carbons (Fsp3) is 0.300. The number of hydrogen-bond donors (Lipinski definition) is 1. The van der Waals surface area contributed by atoms with Gasteiger partial charge in [0.2, 0.25) is 5.91 Å². The highest BCUT2D eigenvalue weighted by Crippen LogP contribution is 2.25. The van der Waals surface area contributed by atoms with Gasteiger partial charge in [-0.25, -0.2) is 4.39 Å². The summed E-state index contributed by atoms with van der Waals surface area (Å²) < 4.78 is 12.9. The van der Waals surface area contributed by atoms with Crippen molar-refractivity contribution in [2.75, 3.05) is 5.32 Å². The van der Waals surface area contributed by atoms with Gasteiger partial charge in [-0.3, -0.25) is 4.79 Å². The molecule has 1 aromatic carbocycles. The Kier molecular flexibility index (Phi) is 2.71. The van der Waals surface area contributed by atoms with Crippen LogP contribution in [0.25, 0.3) is 0 Å². The minimum absolute atomic E-state index is 0.0249. The highest BCUT2D eigenvalue weighted by Gasteiger charge is 2.20. The van der Waals surface area contributed by atoms with Crippen LogP contribution in [0.2, 0.25) is 0 Å². The van der Waals surface area contributed by atoms with E-state index in [-0.39, 0.29) is 15.6 Å². The molecule has 1 heterocycles. The molecule has 4 heteroatoms. The zero-order chi connectivity index (χ0) is 10.1. The van der Waals surface area contributed by atoms with Crippen LogP contribution >= 0.6 is 22.6 Å². The molecule has 0 aliphatic carbocycles. The van der Waals surface area contributed by atoms with Crippen LogP contribution in [0, 0.1) is 5.82 Å². The zero-order valence-corrected chi connectivity index (χ0v) is 9.55. The maximum atomic E-state index is 12.9. The molecule has 1 unspecified atom stereocenters. The second-order valence-electron chi connectivity index (χ2n) is 3.30. The van der Waals surface area contributed by atoms with Gasteiger partial charge in [0.05, 0.1) is 3.92 Å². The summed E-state index contributed by atoms with van der Waals surface area (Å²) in [5, 5.41) is 2.73. The van der Waals surface area contributed by atoms with E-state index >= 15 is 0 Å². The number of nitrogens with one attached hydrogen (secondary N) is 1. The second-order valence-corrected chi connectivity index (χ2v) is 4.80. The summed E-state index contributed by atoms with van der Waals surface area (Å²) in [5.41, 5.74) is 1.63. The fourth-order valence-corrected chi connectivity index (χ4v) is 1.97. The Morgan fingerprint density at radius 1 is 1.50 bits per heavy atom. The van der Waals surface area contributed by atoms with Gasteiger partial charge in [0.1, 0.15) is 5.82 Å². The number of aryl methyl sites for hydroxylation is 1. The summed E-state index contributed by atoms with van der Waals surface area (Å²) in [6.45, 7) is 0. The van der Waals surface area contributed by atoms with Crippen LogP contribution in [0.4, 0.5) is 10.1 Å². The highest BCUT2D eigenvalue weighted by atomic mass is 127. The van der Waals surface area contributed by atoms with Gasteiger partial charge in [-0.05, 0) is 30.5 Å². The van der Waals surface area contributed by atoms with Gasteiger partial charge >= 0.3 is 0 Å². The molecular weight excluding hydrogens is 296 g/mol. The average molecular weight is 305 g/mol. The Morgan fingerprint density at radius 3 is 3.07 bits per heavy atom. The number of fused-ring (bicyclic) bond motifs is 1. The zero-order valence-electron chi connectivity index (χ0n) is 7.39. The van der Waals surface area contributed by atoms with Gasteiger partial charge < -0.3 is 5.32 Å². The predicted molar refractivity (Wildman–Crippen MR) is 61.2 cm³/mol. The maximum Gasteiger partial charge on any atom is 0.237 e. The van der Waals surface area contributed by atoms with Crippen molar-refractivity contribution in [3.8, 4) is 0 Å². The van der Waals surface area contributed by atoms with E-state index in [4.69, 9.17) is 0 Å². The van der Waals surface area contributed by atoms with Crippen LogP contribution in [-0.2, 0) is 11.2 Å². The first-order valence-electron chi connectivity index (χ1n) is 4.40. The molecule has 1 aromatic rings. The summed E-state index contributed by atoms with van der Waals surface area (Å²) in [6.07, 6.45) is 1.63. The van der Waals surface area contributed by atoms with Crippen molar-refractivity contribution < 1.29 is 9.18 Å². The molecule has 1 aliphatic rings. The molecule has 0 saturated heterocycles. The van der Waals surface area contributed by atoms with E-state index in [2.05, 4.69) is 27.9 Å². The number of benzene rings is 1. The van der Waals surface area contributed by atoms with Crippen LogP contribution in [0.15, 0.2) is 18.2 Å². The third-order valence-corrected chi connectivity index (χ3v) is 3.47. The molecule has 1 amide bonds. The Hall–Kier alpha value is -0.650. The standard InChI is InChI=1S/C10H9FINO/c11-7-3-1-6-2-4-8(12)10(14)13-9(6)5-7/h1,3,5,8H,2,4H2,(H,13,14). The molecule has 2 rings (SSSR count). The maximum absolute atomic E-state index is 12.9. The SMILES string of the molecule is O=C1Nc2cc(F)ccc2CCC1I. The summed E-state index contributed by atoms with van der Waals surface area (Å²) in [7, 11) is 0. The van der Waals surface area contributed by atoms with E-state index in [1.807, 2.05) is 0 Å². The molecule has 0 fully saturated rings. The van der Waals surface area contributed by atoms with Crippen molar-refractivity contribution in [2.24, 2.45) is 0 Å². The molecule has 2 nitrogen and oxygen atoms in total. The van der Waals surface area contributed by atoms with Crippen molar-refractivity contribution in [2.45, 2.75) is 16.8 Å². The summed E-state index contributed by atoms with van der Waals surface area (Å²) >= 11 is 2.11. The number of rotatable bonds is 0. The number of alkyl halides is 1. The summed E-state index contributed by atoms with van der Waals surface area (Å²) in [5.74, 6) is -0.342. The van der Waals surface area contributed by atoms with E-state index in [0.717, 1.165) is 18.4 Å². The van der Waals surface area contributed by atoms with Crippen LogP contribution in [-0.4, -0.2) is 9.83 Å². The molecular formula is C10H9FINO. The molecule has 1 aliphatic heterocycles. The highest BCUT2D eigenvalue weighted by molar-refractivity contribution is 14.1. The van der Waals surface area contributed by atoms with Crippen molar-refractivity contribution >= 4 is 34.2 Å². The Morgan fingerprint density at radius 2 is 2.29 bits per heavy atom. The Balaban J connectivity index is 2.38. The van der Waals surface area contributed by atoms with Gasteiger partial charge in [0.25, 0.3) is 0 Å². The summed E-state index contributed by atoms with van der Waals surface area (Å²) in [6, 6.07) is 4.54. The van der Waals surface area contributed by atoms with Crippen molar-refractivity contribution in [1.29, 1.82) is 0 Å². The first kappa shape index (κ1) is 9.89. The van der Waals surface area contributed by atoms with Gasteiger partial charge in [-0.15, -0.1) is 0 Å². The average Bonchev–Trinajstić information content (AvgIpc) is 2.27. The predicted octanol–water partition coefficient (Wildman–Crippen LogP) is 2.51. The molecule has 0 bridgehead atoms. The Labute approximate surface area is 95.0 Å². The first-order valence-corrected chi connectivity index (χ1v) is 5.65. The lowest BCUT2D eigenvalue weighted by molar-refractivity contribution is -0.115. The van der Waals surface area contributed by atoms with Crippen molar-refractivity contribution in [3.63, 3.8) is 0 Å². The quantitative estimate of drug-likeness (QED) is 0.579. The molecule has 0 radical (unpaired) electrons. The van der Waals surface area contributed by atoms with Gasteiger partial charge in [0.15, 0.2) is 0 Å². The fourth-order valence-electron chi connectivity index (χ4n) is 1.51. The van der Waals surface area contributed by atoms with Crippen LogP contribution in [0.1, 0.15) is 12.0 Å². The third kappa shape index (κ3) is 1.89. The smallest absolute Gasteiger partial charge is 0.237 e. The number of hydrogen-bond acceptors (Lipinski definition) is 1. The lowest BCUT2D eigenvalue weighted by Gasteiger charge is -2.06. The molecule has 0 aromatic heterocycles. The van der Waals surface area contributed by atoms with Gasteiger partial charge in [-0.1, -0.05) is 28.7 Å². The minimum Gasteiger partial charge on any atom is -0.325 e. The van der Waals surface area contributed by atoms with Gasteiger partial charge in [0, 0.05) is 5.69 Å². The van der Waals surface area contributed by atoms with Crippen LogP contribution < -0.4 is 5.32 Å². The molecule has 0 spiro atoms. The second kappa shape index (κ2) is 3.84. The molecule has 74 valence electrons. The monoisotopic (exact) mass is 305 g/mol. The van der Waals surface area contributed by atoms with Crippen molar-refractivity contribution in [1.82, 2.24) is 0 Å². The minimum atomic E-state index is -0.309. The topological polar surface area (TPSA) is 29.1 Å². The van der Waals surface area contributed by atoms with E-state index in [9.17, 15) is 9.18 Å². The first-order chi connectivity index (χ1) is 6.66. The van der Waals surface area contributed by atoms with E-state index in [0.29, 0.717) is 5.69 Å². The van der Waals surface area contributed by atoms with Crippen LogP contribution in [0.3, 0.4) is 0 Å². The lowest BCUT2D eigenvalue weighted by Crippen LogP contribution is -2.20.